The van der Waals surface area contributed by atoms with Crippen LogP contribution in [0.3, 0.4) is 0 Å². The van der Waals surface area contributed by atoms with E-state index >= 15 is 0 Å². The number of nitrogens with zero attached hydrogens (tertiary/aromatic N) is 1. The van der Waals surface area contributed by atoms with Gasteiger partial charge in [-0.2, -0.15) is 0 Å². The van der Waals surface area contributed by atoms with Crippen molar-refractivity contribution < 1.29 is 28.6 Å². The Kier molecular flexibility index (Phi) is 7.77. The summed E-state index contributed by atoms with van der Waals surface area (Å²) in [5.41, 5.74) is 1.67. The van der Waals surface area contributed by atoms with Crippen molar-refractivity contribution in [3.05, 3.63) is 75.1 Å². The molecule has 0 spiro atoms. The fraction of sp³-hybridized carbons (Fsp3) is 0.192. The molecule has 7 nitrogen and oxygen atoms in total. The summed E-state index contributed by atoms with van der Waals surface area (Å²) in [4.78, 5) is 37.8. The molecule has 0 unspecified atom stereocenters. The zero-order valence-electron chi connectivity index (χ0n) is 19.1. The Hall–Kier alpha value is -3.30. The Bertz CT molecular complexity index is 1330. The summed E-state index contributed by atoms with van der Waals surface area (Å²) in [6.45, 7) is 1.76. The van der Waals surface area contributed by atoms with Crippen molar-refractivity contribution in [3.8, 4) is 11.5 Å². The minimum absolute atomic E-state index is 0.173. The van der Waals surface area contributed by atoms with Crippen molar-refractivity contribution in [1.82, 2.24) is 4.90 Å². The smallest absolute Gasteiger partial charge is 0.326 e. The Balaban J connectivity index is 1.55. The number of carbonyl (C=O) groups excluding carboxylic acids is 3. The molecule has 0 aromatic heterocycles. The topological polar surface area (TPSA) is 82.1 Å². The number of methoxy groups -OCH3 is 1. The molecule has 180 valence electrons. The Morgan fingerprint density at radius 3 is 2.63 bits per heavy atom. The van der Waals surface area contributed by atoms with Gasteiger partial charge in [0.25, 0.3) is 11.1 Å². The quantitative estimate of drug-likeness (QED) is 0.257. The van der Waals surface area contributed by atoms with Crippen molar-refractivity contribution in [2.75, 3.05) is 20.3 Å². The van der Waals surface area contributed by atoms with Gasteiger partial charge in [-0.25, -0.2) is 0 Å². The summed E-state index contributed by atoms with van der Waals surface area (Å²) in [6.07, 6.45) is 1.58. The van der Waals surface area contributed by atoms with Crippen LogP contribution in [0.25, 0.3) is 16.8 Å². The molecule has 4 rings (SSSR count). The third-order valence-electron chi connectivity index (χ3n) is 5.30. The van der Waals surface area contributed by atoms with Crippen LogP contribution in [0.5, 0.6) is 11.5 Å². The predicted octanol–water partition coefficient (Wildman–Crippen LogP) is 5.79. The van der Waals surface area contributed by atoms with E-state index in [4.69, 9.17) is 14.2 Å². The van der Waals surface area contributed by atoms with E-state index in [1.54, 1.807) is 25.1 Å². The van der Waals surface area contributed by atoms with E-state index in [1.165, 1.54) is 7.11 Å². The van der Waals surface area contributed by atoms with Crippen LogP contribution in [-0.2, 0) is 20.9 Å². The van der Waals surface area contributed by atoms with Gasteiger partial charge in [0.05, 0.1) is 18.6 Å². The van der Waals surface area contributed by atoms with E-state index in [9.17, 15) is 14.4 Å². The van der Waals surface area contributed by atoms with Crippen molar-refractivity contribution in [3.63, 3.8) is 0 Å². The zero-order valence-corrected chi connectivity index (χ0v) is 21.5. The highest BCUT2D eigenvalue weighted by Gasteiger charge is 2.36. The van der Waals surface area contributed by atoms with Crippen LogP contribution in [0.1, 0.15) is 18.1 Å². The minimum atomic E-state index is -0.633. The monoisotopic (exact) mass is 555 g/mol. The van der Waals surface area contributed by atoms with Crippen LogP contribution in [-0.4, -0.2) is 42.3 Å². The first-order valence-electron chi connectivity index (χ1n) is 10.8. The molecular formula is C26H22BrNO6S. The van der Waals surface area contributed by atoms with E-state index in [0.29, 0.717) is 28.1 Å². The molecule has 9 heteroatoms. The number of rotatable bonds is 8. The van der Waals surface area contributed by atoms with Gasteiger partial charge in [0.15, 0.2) is 11.5 Å². The van der Waals surface area contributed by atoms with Crippen LogP contribution in [0.15, 0.2) is 64.0 Å². The highest BCUT2D eigenvalue weighted by Crippen LogP contribution is 2.38. The standard InChI is InChI=1S/C26H22BrNO6S/c1-3-33-24(29)14-28-25(30)23(35-26(28)31)12-18-11-21(32-2)22(13-20(18)27)34-15-17-9-6-8-16-7-4-5-10-19(16)17/h4-13H,3,14-15H2,1-2H3/b23-12+. The molecular weight excluding hydrogens is 534 g/mol. The molecule has 1 fully saturated rings. The fourth-order valence-corrected chi connectivity index (χ4v) is 4.89. The molecule has 0 aliphatic carbocycles. The maximum Gasteiger partial charge on any atom is 0.326 e. The van der Waals surface area contributed by atoms with E-state index < -0.39 is 23.7 Å². The van der Waals surface area contributed by atoms with Crippen LogP contribution < -0.4 is 9.47 Å². The molecule has 0 atom stereocenters. The third-order valence-corrected chi connectivity index (χ3v) is 6.89. The van der Waals surface area contributed by atoms with Crippen LogP contribution in [0.2, 0.25) is 0 Å². The number of ether oxygens (including phenoxy) is 3. The number of benzene rings is 3. The second-order valence-electron chi connectivity index (χ2n) is 7.52. The van der Waals surface area contributed by atoms with Gasteiger partial charge >= 0.3 is 5.97 Å². The number of imide groups is 1. The second-order valence-corrected chi connectivity index (χ2v) is 9.37. The largest absolute Gasteiger partial charge is 0.493 e. The summed E-state index contributed by atoms with van der Waals surface area (Å²) in [6, 6.07) is 17.7. The van der Waals surface area contributed by atoms with Crippen molar-refractivity contribution in [2.24, 2.45) is 0 Å². The zero-order chi connectivity index (χ0) is 24.9. The maximum absolute atomic E-state index is 12.7. The molecule has 3 aromatic rings. The maximum atomic E-state index is 12.7. The minimum Gasteiger partial charge on any atom is -0.493 e. The van der Waals surface area contributed by atoms with Gasteiger partial charge in [-0.3, -0.25) is 19.3 Å². The van der Waals surface area contributed by atoms with E-state index in [2.05, 4.69) is 34.1 Å². The van der Waals surface area contributed by atoms with Crippen LogP contribution >= 0.6 is 27.7 Å². The number of hydrogen-bond acceptors (Lipinski definition) is 7. The normalized spacial score (nSPS) is 14.6. The summed E-state index contributed by atoms with van der Waals surface area (Å²) in [5, 5.41) is 1.73. The van der Waals surface area contributed by atoms with Crippen LogP contribution in [0.4, 0.5) is 4.79 Å². The number of halogens is 1. The molecule has 35 heavy (non-hydrogen) atoms. The molecule has 2 amide bonds. The van der Waals surface area contributed by atoms with Gasteiger partial charge in [-0.1, -0.05) is 58.4 Å². The lowest BCUT2D eigenvalue weighted by Gasteiger charge is -2.14. The van der Waals surface area contributed by atoms with Gasteiger partial charge in [0.1, 0.15) is 13.2 Å². The first-order valence-corrected chi connectivity index (χ1v) is 12.4. The fourth-order valence-electron chi connectivity index (χ4n) is 3.62. The number of carbonyl (C=O) groups is 3. The molecule has 1 heterocycles. The first kappa shape index (κ1) is 24.8. The third kappa shape index (κ3) is 5.52. The average molecular weight is 556 g/mol. The summed E-state index contributed by atoms with van der Waals surface area (Å²) < 4.78 is 17.1. The molecule has 0 bridgehead atoms. The van der Waals surface area contributed by atoms with E-state index in [-0.39, 0.29) is 11.5 Å². The highest BCUT2D eigenvalue weighted by molar-refractivity contribution is 9.10. The van der Waals surface area contributed by atoms with Gasteiger partial charge in [-0.15, -0.1) is 0 Å². The number of hydrogen-bond donors (Lipinski definition) is 0. The van der Waals surface area contributed by atoms with Gasteiger partial charge in [0.2, 0.25) is 0 Å². The van der Waals surface area contributed by atoms with Gasteiger partial charge < -0.3 is 14.2 Å². The lowest BCUT2D eigenvalue weighted by Crippen LogP contribution is -2.34. The number of thioether (sulfide) groups is 1. The molecule has 0 radical (unpaired) electrons. The van der Waals surface area contributed by atoms with Crippen molar-refractivity contribution in [1.29, 1.82) is 0 Å². The lowest BCUT2D eigenvalue weighted by molar-refractivity contribution is -0.145. The molecule has 1 aliphatic rings. The molecule has 1 aliphatic heterocycles. The average Bonchev–Trinajstić information content (AvgIpc) is 3.11. The molecule has 0 saturated carbocycles. The number of esters is 1. The van der Waals surface area contributed by atoms with E-state index in [1.807, 2.05) is 24.3 Å². The Labute approximate surface area is 215 Å². The van der Waals surface area contributed by atoms with Gasteiger partial charge in [-0.05, 0) is 58.8 Å². The Morgan fingerprint density at radius 1 is 1.09 bits per heavy atom. The van der Waals surface area contributed by atoms with E-state index in [0.717, 1.165) is 33.0 Å². The van der Waals surface area contributed by atoms with Crippen molar-refractivity contribution in [2.45, 2.75) is 13.5 Å². The summed E-state index contributed by atoms with van der Waals surface area (Å²) >= 11 is 4.29. The first-order chi connectivity index (χ1) is 16.9. The SMILES string of the molecule is CCOC(=O)CN1C(=O)S/C(=C/c2cc(OC)c(OCc3cccc4ccccc34)cc2Br)C1=O. The number of amides is 2. The molecule has 1 saturated heterocycles. The molecule has 0 N–H and O–H groups in total. The Morgan fingerprint density at radius 2 is 1.86 bits per heavy atom. The summed E-state index contributed by atoms with van der Waals surface area (Å²) in [5.74, 6) is -0.174. The van der Waals surface area contributed by atoms with Crippen molar-refractivity contribution >= 4 is 61.7 Å². The van der Waals surface area contributed by atoms with Crippen LogP contribution in [0, 0.1) is 0 Å². The highest BCUT2D eigenvalue weighted by atomic mass is 79.9. The second kappa shape index (κ2) is 11.0. The predicted molar refractivity (Wildman–Crippen MR) is 138 cm³/mol. The summed E-state index contributed by atoms with van der Waals surface area (Å²) in [7, 11) is 1.53. The number of fused-ring (bicyclic) bond motifs is 1. The lowest BCUT2D eigenvalue weighted by atomic mass is 10.1. The van der Waals surface area contributed by atoms with Gasteiger partial charge in [0, 0.05) is 4.47 Å². The molecule has 3 aromatic carbocycles.